The lowest BCUT2D eigenvalue weighted by atomic mass is 10.1. The quantitative estimate of drug-likeness (QED) is 0.713. The fourth-order valence-electron chi connectivity index (χ4n) is 2.70. The molecule has 0 spiro atoms. The van der Waals surface area contributed by atoms with Crippen LogP contribution in [0, 0.1) is 0 Å². The smallest absolute Gasteiger partial charge is 0.268 e. The summed E-state index contributed by atoms with van der Waals surface area (Å²) in [5.74, 6) is 1.35. The highest BCUT2D eigenvalue weighted by Crippen LogP contribution is 2.24. The third-order valence-electron chi connectivity index (χ3n) is 4.05. The van der Waals surface area contributed by atoms with Crippen molar-refractivity contribution >= 4 is 21.8 Å². The molecule has 0 aliphatic carbocycles. The number of rotatable bonds is 5. The number of hydrogen-bond donors (Lipinski definition) is 1. The predicted molar refractivity (Wildman–Crippen MR) is 98.6 cm³/mol. The molecule has 6 nitrogen and oxygen atoms in total. The Kier molecular flexibility index (Phi) is 4.94. The van der Waals surface area contributed by atoms with Gasteiger partial charge in [-0.05, 0) is 39.7 Å². The van der Waals surface area contributed by atoms with Gasteiger partial charge in [-0.15, -0.1) is 0 Å². The fraction of sp³-hybridized carbons (Fsp3) is 0.222. The Morgan fingerprint density at radius 2 is 1.96 bits per heavy atom. The van der Waals surface area contributed by atoms with Gasteiger partial charge in [-0.2, -0.15) is 0 Å². The van der Waals surface area contributed by atoms with E-state index in [-0.39, 0.29) is 11.9 Å². The summed E-state index contributed by atoms with van der Waals surface area (Å²) in [7, 11) is 5.37. The second-order valence-electron chi connectivity index (χ2n) is 5.73. The second kappa shape index (κ2) is 7.14. The average Bonchev–Trinajstić information content (AvgIpc) is 3.17. The number of imidazole rings is 1. The summed E-state index contributed by atoms with van der Waals surface area (Å²) in [5.41, 5.74) is 1.50. The minimum Gasteiger partial charge on any atom is -0.497 e. The first-order chi connectivity index (χ1) is 12.0. The van der Waals surface area contributed by atoms with Gasteiger partial charge in [-0.25, -0.2) is 4.98 Å². The summed E-state index contributed by atoms with van der Waals surface area (Å²) in [6.07, 6.45) is 5.42. The highest BCUT2D eigenvalue weighted by atomic mass is 79.9. The summed E-state index contributed by atoms with van der Waals surface area (Å²) < 4.78 is 9.75. The molecule has 1 amide bonds. The van der Waals surface area contributed by atoms with Crippen LogP contribution in [0.1, 0.15) is 27.9 Å². The number of amides is 1. The summed E-state index contributed by atoms with van der Waals surface area (Å²) in [4.78, 5) is 17.2. The fourth-order valence-corrected chi connectivity index (χ4v) is 3.23. The lowest BCUT2D eigenvalue weighted by Gasteiger charge is -2.19. The van der Waals surface area contributed by atoms with Crippen LogP contribution in [0.2, 0.25) is 0 Å². The largest absolute Gasteiger partial charge is 0.497 e. The Balaban J connectivity index is 1.95. The van der Waals surface area contributed by atoms with Crippen molar-refractivity contribution in [3.05, 3.63) is 70.5 Å². The number of hydrogen-bond acceptors (Lipinski definition) is 3. The lowest BCUT2D eigenvalue weighted by molar-refractivity contribution is 0.0933. The van der Waals surface area contributed by atoms with Crippen molar-refractivity contribution in [3.63, 3.8) is 0 Å². The number of nitrogens with one attached hydrogen (secondary N) is 1. The Bertz CT molecular complexity index is 883. The Hall–Kier alpha value is -2.54. The molecule has 7 heteroatoms. The van der Waals surface area contributed by atoms with E-state index in [4.69, 9.17) is 4.74 Å². The number of benzene rings is 1. The maximum atomic E-state index is 12.8. The van der Waals surface area contributed by atoms with E-state index in [0.29, 0.717) is 5.69 Å². The minimum absolute atomic E-state index is 0.169. The molecule has 130 valence electrons. The van der Waals surface area contributed by atoms with Crippen LogP contribution in [-0.2, 0) is 14.1 Å². The molecule has 1 N–H and O–H groups in total. The van der Waals surface area contributed by atoms with Gasteiger partial charge < -0.3 is 19.2 Å². The molecule has 1 aromatic carbocycles. The molecular formula is C18H19BrN4O2. The van der Waals surface area contributed by atoms with Crippen LogP contribution in [0.5, 0.6) is 5.75 Å². The van der Waals surface area contributed by atoms with Crippen LogP contribution in [-0.4, -0.2) is 27.1 Å². The van der Waals surface area contributed by atoms with Gasteiger partial charge in [0.05, 0.1) is 7.11 Å². The van der Waals surface area contributed by atoms with Crippen LogP contribution in [0.3, 0.4) is 0 Å². The van der Waals surface area contributed by atoms with Crippen molar-refractivity contribution < 1.29 is 9.53 Å². The summed E-state index contributed by atoms with van der Waals surface area (Å²) in [5, 5.41) is 3.08. The molecule has 0 fully saturated rings. The molecule has 0 aliphatic rings. The van der Waals surface area contributed by atoms with E-state index in [9.17, 15) is 4.79 Å². The van der Waals surface area contributed by atoms with Gasteiger partial charge in [-0.3, -0.25) is 4.79 Å². The lowest BCUT2D eigenvalue weighted by Crippen LogP contribution is -2.32. The number of aryl methyl sites for hydroxylation is 2. The van der Waals surface area contributed by atoms with E-state index < -0.39 is 0 Å². The van der Waals surface area contributed by atoms with Crippen molar-refractivity contribution in [2.75, 3.05) is 7.11 Å². The zero-order chi connectivity index (χ0) is 18.0. The van der Waals surface area contributed by atoms with E-state index in [1.807, 2.05) is 55.3 Å². The standard InChI is InChI=1S/C18H19BrN4O2/c1-22-9-8-20-17(22)16(12-4-6-14(25-3)7-5-12)21-18(24)15-10-13(19)11-23(15)2/h4-11,16H,1-3H3,(H,21,24). The molecule has 3 aromatic rings. The summed E-state index contributed by atoms with van der Waals surface area (Å²) in [6, 6.07) is 9.03. The number of carbonyl (C=O) groups excluding carboxylic acids is 1. The van der Waals surface area contributed by atoms with Crippen LogP contribution in [0.25, 0.3) is 0 Å². The molecule has 0 radical (unpaired) electrons. The SMILES string of the molecule is COc1ccc(C(NC(=O)c2cc(Br)cn2C)c2nccn2C)cc1. The van der Waals surface area contributed by atoms with E-state index in [2.05, 4.69) is 26.2 Å². The van der Waals surface area contributed by atoms with Crippen LogP contribution >= 0.6 is 15.9 Å². The second-order valence-corrected chi connectivity index (χ2v) is 6.65. The molecular weight excluding hydrogens is 384 g/mol. The van der Waals surface area contributed by atoms with Gasteiger partial charge in [0, 0.05) is 37.2 Å². The Morgan fingerprint density at radius 3 is 2.48 bits per heavy atom. The van der Waals surface area contributed by atoms with Crippen molar-refractivity contribution in [3.8, 4) is 5.75 Å². The Labute approximate surface area is 154 Å². The van der Waals surface area contributed by atoms with Crippen molar-refractivity contribution in [2.24, 2.45) is 14.1 Å². The molecule has 3 rings (SSSR count). The molecule has 0 saturated carbocycles. The van der Waals surface area contributed by atoms with Crippen molar-refractivity contribution in [1.29, 1.82) is 0 Å². The average molecular weight is 403 g/mol. The monoisotopic (exact) mass is 402 g/mol. The predicted octanol–water partition coefficient (Wildman–Crippen LogP) is 3.05. The minimum atomic E-state index is -0.368. The van der Waals surface area contributed by atoms with Crippen LogP contribution < -0.4 is 10.1 Å². The number of nitrogens with zero attached hydrogens (tertiary/aromatic N) is 3. The Morgan fingerprint density at radius 1 is 1.24 bits per heavy atom. The highest BCUT2D eigenvalue weighted by Gasteiger charge is 2.22. The molecule has 1 atom stereocenters. The normalized spacial score (nSPS) is 12.0. The third kappa shape index (κ3) is 3.61. The highest BCUT2D eigenvalue weighted by molar-refractivity contribution is 9.10. The molecule has 0 aliphatic heterocycles. The third-order valence-corrected chi connectivity index (χ3v) is 4.48. The molecule has 2 aromatic heterocycles. The van der Waals surface area contributed by atoms with E-state index in [0.717, 1.165) is 21.6 Å². The summed E-state index contributed by atoms with van der Waals surface area (Å²) in [6.45, 7) is 0. The number of halogens is 1. The van der Waals surface area contributed by atoms with Crippen LogP contribution in [0.15, 0.2) is 53.4 Å². The zero-order valence-electron chi connectivity index (χ0n) is 14.2. The first-order valence-electron chi connectivity index (χ1n) is 7.73. The number of methoxy groups -OCH3 is 1. The van der Waals surface area contributed by atoms with Gasteiger partial charge in [0.1, 0.15) is 23.3 Å². The molecule has 0 bridgehead atoms. The van der Waals surface area contributed by atoms with E-state index in [1.165, 1.54) is 0 Å². The van der Waals surface area contributed by atoms with Crippen molar-refractivity contribution in [1.82, 2.24) is 19.4 Å². The van der Waals surface area contributed by atoms with Gasteiger partial charge in [0.15, 0.2) is 0 Å². The van der Waals surface area contributed by atoms with Crippen molar-refractivity contribution in [2.45, 2.75) is 6.04 Å². The first-order valence-corrected chi connectivity index (χ1v) is 8.53. The van der Waals surface area contributed by atoms with Gasteiger partial charge in [-0.1, -0.05) is 12.1 Å². The van der Waals surface area contributed by atoms with Crippen LogP contribution in [0.4, 0.5) is 0 Å². The number of aromatic nitrogens is 3. The molecule has 25 heavy (non-hydrogen) atoms. The number of ether oxygens (including phenoxy) is 1. The van der Waals surface area contributed by atoms with E-state index >= 15 is 0 Å². The van der Waals surface area contributed by atoms with Gasteiger partial charge in [0.25, 0.3) is 5.91 Å². The summed E-state index contributed by atoms with van der Waals surface area (Å²) >= 11 is 3.40. The van der Waals surface area contributed by atoms with E-state index in [1.54, 1.807) is 23.9 Å². The molecule has 1 unspecified atom stereocenters. The maximum absolute atomic E-state index is 12.8. The number of carbonyl (C=O) groups is 1. The first kappa shape index (κ1) is 17.3. The molecule has 0 saturated heterocycles. The van der Waals surface area contributed by atoms with Gasteiger partial charge in [0.2, 0.25) is 0 Å². The van der Waals surface area contributed by atoms with Gasteiger partial charge >= 0.3 is 0 Å². The topological polar surface area (TPSA) is 61.1 Å². The molecule has 2 heterocycles. The maximum Gasteiger partial charge on any atom is 0.268 e. The zero-order valence-corrected chi connectivity index (χ0v) is 15.8.